The van der Waals surface area contributed by atoms with E-state index >= 15 is 0 Å². The van der Waals surface area contributed by atoms with Crippen LogP contribution in [0.5, 0.6) is 0 Å². The molecular formula is C28H29N3O8S4. The Kier molecular flexibility index (Phi) is 9.89. The Morgan fingerprint density at radius 2 is 1.65 bits per heavy atom. The Morgan fingerprint density at radius 1 is 0.977 bits per heavy atom. The minimum absolute atomic E-state index is 0.0000938. The predicted molar refractivity (Wildman–Crippen MR) is 170 cm³/mol. The van der Waals surface area contributed by atoms with E-state index in [0.29, 0.717) is 25.0 Å². The van der Waals surface area contributed by atoms with Crippen LogP contribution in [0.15, 0.2) is 45.1 Å². The molecule has 0 radical (unpaired) electrons. The van der Waals surface area contributed by atoms with Crippen molar-refractivity contribution in [2.75, 3.05) is 18.0 Å². The van der Waals surface area contributed by atoms with E-state index in [-0.39, 0.29) is 24.8 Å². The van der Waals surface area contributed by atoms with Crippen molar-refractivity contribution >= 4 is 91.4 Å². The predicted octanol–water partition coefficient (Wildman–Crippen LogP) is 2.95. The van der Waals surface area contributed by atoms with Gasteiger partial charge in [-0.2, -0.15) is 0 Å². The molecule has 1 fully saturated rings. The highest BCUT2D eigenvalue weighted by Crippen LogP contribution is 2.47. The maximum atomic E-state index is 14.0. The molecule has 43 heavy (non-hydrogen) atoms. The third kappa shape index (κ3) is 6.89. The fourth-order valence-corrected chi connectivity index (χ4v) is 8.37. The zero-order valence-electron chi connectivity index (χ0n) is 23.5. The lowest BCUT2D eigenvalue weighted by Gasteiger charge is -2.26. The molecule has 1 amide bonds. The highest BCUT2D eigenvalue weighted by molar-refractivity contribution is 8.30. The van der Waals surface area contributed by atoms with Crippen molar-refractivity contribution in [3.05, 3.63) is 54.9 Å². The lowest BCUT2D eigenvalue weighted by atomic mass is 9.82. The third-order valence-electron chi connectivity index (χ3n) is 7.05. The Morgan fingerprint density at radius 3 is 2.28 bits per heavy atom. The average molecular weight is 664 g/mol. The standard InChI is InChI=1S/C28H29N3O8S4/c1-4-28(2,3)15(12-18-29(11-7-10-19(32)33)16-8-5-6-9-17(16)41-18)22-24(38)30(13-20(34)35)26(42-22)23-25(39)31(14-21(36)37)27(40)43-23/h5-6,8-9,12H,4,7,10-11,13-14H2,1-3H3,(H,32,33)(H,34,35)(H,36,37). The molecule has 2 aliphatic rings. The number of amides is 1. The molecule has 4 rings (SSSR count). The summed E-state index contributed by atoms with van der Waals surface area (Å²) < 4.78 is 1.38. The topological polar surface area (TPSA) is 157 Å². The van der Waals surface area contributed by atoms with Gasteiger partial charge in [-0.15, -0.1) is 11.3 Å². The summed E-state index contributed by atoms with van der Waals surface area (Å²) in [6, 6.07) is 7.72. The smallest absolute Gasteiger partial charge is 0.323 e. The number of para-hydroxylation sites is 1. The molecule has 2 aliphatic heterocycles. The highest BCUT2D eigenvalue weighted by atomic mass is 32.2. The van der Waals surface area contributed by atoms with Crippen LogP contribution in [0.2, 0.25) is 0 Å². The quantitative estimate of drug-likeness (QED) is 0.303. The number of aromatic nitrogens is 1. The number of carboxylic acids is 3. The number of carbonyl (C=O) groups is 4. The van der Waals surface area contributed by atoms with Gasteiger partial charge < -0.3 is 20.2 Å². The van der Waals surface area contributed by atoms with Crippen molar-refractivity contribution in [3.63, 3.8) is 0 Å². The summed E-state index contributed by atoms with van der Waals surface area (Å²) in [5.74, 6) is -4.14. The van der Waals surface area contributed by atoms with Crippen LogP contribution in [0.4, 0.5) is 5.69 Å². The molecule has 15 heteroatoms. The van der Waals surface area contributed by atoms with Gasteiger partial charge in [-0.05, 0) is 42.0 Å². The first-order chi connectivity index (χ1) is 20.2. The molecule has 0 unspecified atom stereocenters. The number of anilines is 1. The molecule has 2 aromatic rings. The van der Waals surface area contributed by atoms with Crippen LogP contribution in [0.25, 0.3) is 10.5 Å². The molecule has 3 N–H and O–H groups in total. The molecule has 3 heterocycles. The lowest BCUT2D eigenvalue weighted by molar-refractivity contribution is -0.140. The second-order valence-electron chi connectivity index (χ2n) is 10.4. The fourth-order valence-electron chi connectivity index (χ4n) is 4.49. The molecule has 1 aromatic carbocycles. The van der Waals surface area contributed by atoms with Crippen molar-refractivity contribution in [1.29, 1.82) is 0 Å². The van der Waals surface area contributed by atoms with Gasteiger partial charge in [-0.25, -0.2) is 0 Å². The SMILES string of the molecule is CCC(C)(C)C(C=C1Sc2ccccc2N1CCCC(=O)O)=c1sc(=C2SC(=S)N(CC(=O)O)C2=O)n(CC(=O)O)c1=O. The largest absolute Gasteiger partial charge is 0.481 e. The Bertz CT molecular complexity index is 1740. The van der Waals surface area contributed by atoms with Crippen molar-refractivity contribution in [2.24, 2.45) is 5.41 Å². The summed E-state index contributed by atoms with van der Waals surface area (Å²) in [4.78, 5) is 65.5. The van der Waals surface area contributed by atoms with Gasteiger partial charge in [0.2, 0.25) is 0 Å². The van der Waals surface area contributed by atoms with E-state index in [1.807, 2.05) is 56.0 Å². The van der Waals surface area contributed by atoms with E-state index in [2.05, 4.69) is 0 Å². The highest BCUT2D eigenvalue weighted by Gasteiger charge is 2.36. The minimum Gasteiger partial charge on any atom is -0.481 e. The molecule has 1 saturated heterocycles. The number of aliphatic carboxylic acids is 3. The normalized spacial score (nSPS) is 18.0. The number of benzene rings is 1. The van der Waals surface area contributed by atoms with Crippen molar-refractivity contribution < 1.29 is 34.5 Å². The molecule has 0 bridgehead atoms. The second kappa shape index (κ2) is 13.1. The van der Waals surface area contributed by atoms with E-state index < -0.39 is 47.9 Å². The number of allylic oxidation sites excluding steroid dienone is 1. The zero-order valence-corrected chi connectivity index (χ0v) is 26.8. The minimum atomic E-state index is -1.28. The van der Waals surface area contributed by atoms with E-state index in [1.165, 1.54) is 11.8 Å². The zero-order chi connectivity index (χ0) is 31.6. The number of hydrogen-bond acceptors (Lipinski definition) is 10. The van der Waals surface area contributed by atoms with Crippen LogP contribution < -0.4 is 19.7 Å². The van der Waals surface area contributed by atoms with Gasteiger partial charge in [-0.1, -0.05) is 68.6 Å². The second-order valence-corrected chi connectivity index (χ2v) is 14.1. The van der Waals surface area contributed by atoms with Crippen LogP contribution in [-0.2, 0) is 25.7 Å². The Hall–Kier alpha value is -3.40. The van der Waals surface area contributed by atoms with E-state index in [0.717, 1.165) is 48.2 Å². The van der Waals surface area contributed by atoms with Crippen LogP contribution in [0, 0.1) is 5.41 Å². The first kappa shape index (κ1) is 32.5. The van der Waals surface area contributed by atoms with Gasteiger partial charge >= 0.3 is 17.9 Å². The summed E-state index contributed by atoms with van der Waals surface area (Å²) in [5, 5.41) is 28.9. The van der Waals surface area contributed by atoms with Crippen LogP contribution >= 0.6 is 47.1 Å². The number of thioether (sulfide) groups is 2. The number of carboxylic acid groups (broad SMARTS) is 3. The first-order valence-electron chi connectivity index (χ1n) is 13.2. The van der Waals surface area contributed by atoms with Gasteiger partial charge in [0, 0.05) is 17.9 Å². The maximum absolute atomic E-state index is 14.0. The first-order valence-corrected chi connectivity index (χ1v) is 16.0. The summed E-state index contributed by atoms with van der Waals surface area (Å²) in [7, 11) is 0. The van der Waals surface area contributed by atoms with Gasteiger partial charge in [0.25, 0.3) is 11.5 Å². The van der Waals surface area contributed by atoms with Crippen LogP contribution in [0.1, 0.15) is 40.0 Å². The van der Waals surface area contributed by atoms with Gasteiger partial charge in [0.15, 0.2) is 0 Å². The van der Waals surface area contributed by atoms with Gasteiger partial charge in [0.1, 0.15) is 27.0 Å². The average Bonchev–Trinajstić information content (AvgIpc) is 3.53. The number of rotatable bonds is 11. The molecule has 0 saturated carbocycles. The number of hydrogen-bond donors (Lipinski definition) is 3. The van der Waals surface area contributed by atoms with E-state index in [4.69, 9.17) is 12.2 Å². The van der Waals surface area contributed by atoms with Crippen LogP contribution in [-0.4, -0.2) is 66.0 Å². The number of nitrogens with zero attached hydrogens (tertiary/aromatic N) is 3. The number of thiazole rings is 1. The third-order valence-corrected chi connectivity index (χ3v) is 10.9. The van der Waals surface area contributed by atoms with Crippen LogP contribution in [0.3, 0.4) is 0 Å². The molecule has 1 aromatic heterocycles. The molecule has 0 atom stereocenters. The maximum Gasteiger partial charge on any atom is 0.323 e. The Balaban J connectivity index is 1.99. The number of carbonyl (C=O) groups excluding carboxylic acids is 1. The fraction of sp³-hybridized carbons (Fsp3) is 0.357. The van der Waals surface area contributed by atoms with E-state index in [1.54, 1.807) is 0 Å². The monoisotopic (exact) mass is 663 g/mol. The lowest BCUT2D eigenvalue weighted by Crippen LogP contribution is -2.37. The van der Waals surface area contributed by atoms with Crippen molar-refractivity contribution in [3.8, 4) is 0 Å². The number of fused-ring (bicyclic) bond motifs is 1. The molecular weight excluding hydrogens is 635 g/mol. The van der Waals surface area contributed by atoms with Crippen molar-refractivity contribution in [2.45, 2.75) is 51.5 Å². The Labute approximate surface area is 264 Å². The van der Waals surface area contributed by atoms with E-state index in [9.17, 15) is 39.3 Å². The summed E-state index contributed by atoms with van der Waals surface area (Å²) in [6.45, 7) is 4.97. The summed E-state index contributed by atoms with van der Waals surface area (Å²) >= 11 is 8.54. The molecule has 0 spiro atoms. The van der Waals surface area contributed by atoms with Gasteiger partial charge in [0.05, 0.1) is 15.2 Å². The summed E-state index contributed by atoms with van der Waals surface area (Å²) in [5.41, 5.74) is 0.398. The molecule has 228 valence electrons. The summed E-state index contributed by atoms with van der Waals surface area (Å²) in [6.07, 6.45) is 2.90. The molecule has 11 nitrogen and oxygen atoms in total. The van der Waals surface area contributed by atoms with Crippen molar-refractivity contribution in [1.82, 2.24) is 9.47 Å². The van der Waals surface area contributed by atoms with Gasteiger partial charge in [-0.3, -0.25) is 33.4 Å². The number of thiocarbonyl (C=S) groups is 1. The molecule has 0 aliphatic carbocycles.